The number of rotatable bonds is 4. The Balaban J connectivity index is 2.46. The van der Waals surface area contributed by atoms with Gasteiger partial charge >= 0.3 is 11.9 Å². The molecule has 0 aliphatic heterocycles. The lowest BCUT2D eigenvalue weighted by Gasteiger charge is -2.14. The van der Waals surface area contributed by atoms with Crippen molar-refractivity contribution >= 4 is 17.6 Å². The second-order valence-corrected chi connectivity index (χ2v) is 4.67. The van der Waals surface area contributed by atoms with Crippen molar-refractivity contribution in [3.63, 3.8) is 0 Å². The number of aliphatic hydroxyl groups excluding tert-OH is 1. The van der Waals surface area contributed by atoms with Crippen LogP contribution in [0.1, 0.15) is 37.9 Å². The number of methoxy groups -OCH3 is 1. The van der Waals surface area contributed by atoms with Crippen LogP contribution in [0.3, 0.4) is 0 Å². The maximum Gasteiger partial charge on any atom is 0.338 e. The van der Waals surface area contributed by atoms with E-state index in [1.165, 1.54) is 25.3 Å². The van der Waals surface area contributed by atoms with Crippen molar-refractivity contribution in [3.8, 4) is 0 Å². The monoisotopic (exact) mass is 301 g/mol. The zero-order valence-corrected chi connectivity index (χ0v) is 11.8. The van der Waals surface area contributed by atoms with Gasteiger partial charge in [-0.1, -0.05) is 18.2 Å². The minimum Gasteiger partial charge on any atom is -0.478 e. The molecule has 1 unspecified atom stereocenters. The Bertz CT molecular complexity index is 726. The Morgan fingerprint density at radius 3 is 2.36 bits per heavy atom. The third kappa shape index (κ3) is 3.07. The second-order valence-electron chi connectivity index (χ2n) is 4.67. The van der Waals surface area contributed by atoms with Gasteiger partial charge in [0.05, 0.1) is 18.2 Å². The summed E-state index contributed by atoms with van der Waals surface area (Å²) in [7, 11) is 1.17. The lowest BCUT2D eigenvalue weighted by Crippen LogP contribution is -2.12. The van der Waals surface area contributed by atoms with Crippen LogP contribution in [0.4, 0.5) is 5.69 Å². The molecule has 0 saturated heterocycles. The highest BCUT2D eigenvalue weighted by Gasteiger charge is 2.20. The Hall–Kier alpha value is -2.86. The Kier molecular flexibility index (Phi) is 4.43. The number of esters is 1. The molecule has 2 rings (SSSR count). The summed E-state index contributed by atoms with van der Waals surface area (Å²) >= 11 is 0. The molecule has 0 radical (unpaired) electrons. The molecule has 0 aliphatic carbocycles. The summed E-state index contributed by atoms with van der Waals surface area (Å²) in [6.45, 7) is 0. The van der Waals surface area contributed by atoms with Gasteiger partial charge in [0.25, 0.3) is 0 Å². The van der Waals surface area contributed by atoms with E-state index in [1.54, 1.807) is 24.3 Å². The zero-order valence-electron chi connectivity index (χ0n) is 11.8. The fourth-order valence-electron chi connectivity index (χ4n) is 2.12. The first kappa shape index (κ1) is 15.5. The minimum absolute atomic E-state index is 0.0708. The van der Waals surface area contributed by atoms with E-state index in [1.807, 2.05) is 0 Å². The number of carbonyl (C=O) groups is 2. The maximum atomic E-state index is 11.6. The molecule has 114 valence electrons. The standard InChI is InChI=1S/C16H15NO5/c1-22-16(21)12-6-5-10(8-13(12)15(19)20)14(18)9-3-2-4-11(17)7-9/h2-8,14,18H,17H2,1H3,(H,19,20). The zero-order chi connectivity index (χ0) is 16.3. The van der Waals surface area contributed by atoms with Gasteiger partial charge in [0.1, 0.15) is 6.10 Å². The van der Waals surface area contributed by atoms with E-state index < -0.39 is 18.0 Å². The number of nitrogens with two attached hydrogens (primary N) is 1. The third-order valence-corrected chi connectivity index (χ3v) is 3.22. The number of anilines is 1. The number of ether oxygens (including phenoxy) is 1. The summed E-state index contributed by atoms with van der Waals surface area (Å²) in [6.07, 6.45) is -1.05. The van der Waals surface area contributed by atoms with Gasteiger partial charge in [0, 0.05) is 5.69 Å². The lowest BCUT2D eigenvalue weighted by atomic mass is 9.96. The summed E-state index contributed by atoms with van der Waals surface area (Å²) in [4.78, 5) is 22.9. The molecule has 1 atom stereocenters. The molecule has 0 saturated carbocycles. The predicted molar refractivity (Wildman–Crippen MR) is 79.7 cm³/mol. The highest BCUT2D eigenvalue weighted by Crippen LogP contribution is 2.25. The predicted octanol–water partition coefficient (Wildman–Crippen LogP) is 1.84. The van der Waals surface area contributed by atoms with Crippen molar-refractivity contribution in [2.45, 2.75) is 6.10 Å². The van der Waals surface area contributed by atoms with Gasteiger partial charge < -0.3 is 20.7 Å². The molecule has 6 heteroatoms. The Morgan fingerprint density at radius 2 is 1.77 bits per heavy atom. The molecule has 22 heavy (non-hydrogen) atoms. The van der Waals surface area contributed by atoms with Crippen molar-refractivity contribution in [2.24, 2.45) is 0 Å². The van der Waals surface area contributed by atoms with Crippen molar-refractivity contribution < 1.29 is 24.5 Å². The van der Waals surface area contributed by atoms with Crippen LogP contribution in [0.5, 0.6) is 0 Å². The highest BCUT2D eigenvalue weighted by atomic mass is 16.5. The molecule has 2 aromatic rings. The van der Waals surface area contributed by atoms with Gasteiger partial charge in [-0.3, -0.25) is 0 Å². The van der Waals surface area contributed by atoms with Gasteiger partial charge in [-0.25, -0.2) is 9.59 Å². The molecule has 0 heterocycles. The van der Waals surface area contributed by atoms with E-state index in [2.05, 4.69) is 4.74 Å². The van der Waals surface area contributed by atoms with E-state index in [0.717, 1.165) is 0 Å². The van der Waals surface area contributed by atoms with Crippen LogP contribution >= 0.6 is 0 Å². The number of hydrogen-bond donors (Lipinski definition) is 3. The SMILES string of the molecule is COC(=O)c1ccc(C(O)c2cccc(N)c2)cc1C(=O)O. The van der Waals surface area contributed by atoms with Crippen LogP contribution in [-0.4, -0.2) is 29.3 Å². The van der Waals surface area contributed by atoms with Gasteiger partial charge in [0.15, 0.2) is 0 Å². The van der Waals surface area contributed by atoms with Crippen LogP contribution < -0.4 is 5.73 Å². The average Bonchev–Trinajstić information content (AvgIpc) is 2.52. The smallest absolute Gasteiger partial charge is 0.338 e. The summed E-state index contributed by atoms with van der Waals surface area (Å²) in [5.41, 5.74) is 6.73. The normalized spacial score (nSPS) is 11.7. The van der Waals surface area contributed by atoms with Crippen LogP contribution in [0.2, 0.25) is 0 Å². The fraction of sp³-hybridized carbons (Fsp3) is 0.125. The molecule has 0 fully saturated rings. The van der Waals surface area contributed by atoms with Crippen LogP contribution in [0.25, 0.3) is 0 Å². The number of aliphatic hydroxyl groups is 1. The number of hydrogen-bond acceptors (Lipinski definition) is 5. The first-order valence-electron chi connectivity index (χ1n) is 6.43. The molecule has 2 aromatic carbocycles. The Morgan fingerprint density at radius 1 is 1.09 bits per heavy atom. The van der Waals surface area contributed by atoms with Crippen LogP contribution in [-0.2, 0) is 4.74 Å². The summed E-state index contributed by atoms with van der Waals surface area (Å²) in [5.74, 6) is -2.02. The summed E-state index contributed by atoms with van der Waals surface area (Å²) < 4.78 is 4.55. The molecule has 0 aromatic heterocycles. The molecule has 0 bridgehead atoms. The van der Waals surface area contributed by atoms with Crippen LogP contribution in [0, 0.1) is 0 Å². The molecule has 0 spiro atoms. The van der Waals surface area contributed by atoms with Gasteiger partial charge in [-0.15, -0.1) is 0 Å². The van der Waals surface area contributed by atoms with E-state index >= 15 is 0 Å². The molecule has 4 N–H and O–H groups in total. The summed E-state index contributed by atoms with van der Waals surface area (Å²) in [5, 5.41) is 19.6. The Labute approximate surface area is 126 Å². The molecular formula is C16H15NO5. The molecule has 6 nitrogen and oxygen atoms in total. The second kappa shape index (κ2) is 6.28. The minimum atomic E-state index is -1.28. The molecular weight excluding hydrogens is 286 g/mol. The number of carboxylic acids is 1. The first-order chi connectivity index (χ1) is 10.4. The number of benzene rings is 2. The largest absolute Gasteiger partial charge is 0.478 e. The van der Waals surface area contributed by atoms with Crippen molar-refractivity contribution in [3.05, 3.63) is 64.7 Å². The number of aromatic carboxylic acids is 1. The quantitative estimate of drug-likeness (QED) is 0.587. The van der Waals surface area contributed by atoms with E-state index in [-0.39, 0.29) is 11.1 Å². The van der Waals surface area contributed by atoms with E-state index in [0.29, 0.717) is 16.8 Å². The molecule has 0 amide bonds. The van der Waals surface area contributed by atoms with Crippen LogP contribution in [0.15, 0.2) is 42.5 Å². The number of carbonyl (C=O) groups excluding carboxylic acids is 1. The third-order valence-electron chi connectivity index (χ3n) is 3.22. The number of carboxylic acid groups (broad SMARTS) is 1. The first-order valence-corrected chi connectivity index (χ1v) is 6.43. The summed E-state index contributed by atoms with van der Waals surface area (Å²) in [6, 6.07) is 10.7. The fourth-order valence-corrected chi connectivity index (χ4v) is 2.12. The lowest BCUT2D eigenvalue weighted by molar-refractivity contribution is 0.0582. The molecule has 0 aliphatic rings. The van der Waals surface area contributed by atoms with Gasteiger partial charge in [-0.05, 0) is 35.4 Å². The topological polar surface area (TPSA) is 110 Å². The van der Waals surface area contributed by atoms with Crippen molar-refractivity contribution in [1.29, 1.82) is 0 Å². The average molecular weight is 301 g/mol. The van der Waals surface area contributed by atoms with E-state index in [4.69, 9.17) is 5.73 Å². The van der Waals surface area contributed by atoms with Gasteiger partial charge in [0.2, 0.25) is 0 Å². The van der Waals surface area contributed by atoms with Crippen molar-refractivity contribution in [2.75, 3.05) is 12.8 Å². The van der Waals surface area contributed by atoms with Gasteiger partial charge in [-0.2, -0.15) is 0 Å². The highest BCUT2D eigenvalue weighted by molar-refractivity contribution is 6.02. The van der Waals surface area contributed by atoms with Crippen molar-refractivity contribution in [1.82, 2.24) is 0 Å². The number of nitrogen functional groups attached to an aromatic ring is 1. The maximum absolute atomic E-state index is 11.6. The van der Waals surface area contributed by atoms with E-state index in [9.17, 15) is 19.8 Å².